The second kappa shape index (κ2) is 12.5. The van der Waals surface area contributed by atoms with Crippen molar-refractivity contribution in [1.29, 1.82) is 0 Å². The molecule has 0 aromatic heterocycles. The van der Waals surface area contributed by atoms with Gasteiger partial charge in [-0.1, -0.05) is 12.1 Å². The molecule has 1 aromatic rings. The first-order valence-corrected chi connectivity index (χ1v) is 3.47. The van der Waals surface area contributed by atoms with Crippen LogP contribution in [0.15, 0.2) is 24.3 Å². The van der Waals surface area contributed by atoms with Gasteiger partial charge < -0.3 is 38.6 Å². The number of benzene rings is 1. The molecule has 100 valence electrons. The number of halogens is 1. The molecule has 0 heterocycles. The standard InChI is InChI=1S/C7H5FO2.BH3O3.3H3N/c8-7(10)5-3-1-2-4-6(5)9;2-1(3)4;;;/h1-4,9H;2-4H;3*1H3. The average Bonchev–Trinajstić information content (AvgIpc) is 2.03. The minimum absolute atomic E-state index is 0. The number of hydrogen-bond donors (Lipinski definition) is 7. The van der Waals surface area contributed by atoms with Crippen molar-refractivity contribution >= 4 is 13.4 Å². The van der Waals surface area contributed by atoms with Gasteiger partial charge in [-0.25, -0.2) is 0 Å². The molecule has 17 heavy (non-hydrogen) atoms. The largest absolute Gasteiger partial charge is 0.631 e. The number of hydrogen-bond acceptors (Lipinski definition) is 8. The number of phenolic OH excluding ortho intramolecular Hbond substituents is 1. The monoisotopic (exact) mass is 253 g/mol. The summed E-state index contributed by atoms with van der Waals surface area (Å²) in [4.78, 5) is 10.0. The van der Waals surface area contributed by atoms with E-state index < -0.39 is 13.4 Å². The number of rotatable bonds is 1. The van der Waals surface area contributed by atoms with Gasteiger partial charge in [0.15, 0.2) is 0 Å². The highest BCUT2D eigenvalue weighted by molar-refractivity contribution is 6.30. The molecule has 0 aliphatic carbocycles. The summed E-state index contributed by atoms with van der Waals surface area (Å²) in [5.41, 5.74) is -0.289. The van der Waals surface area contributed by atoms with E-state index in [0.29, 0.717) is 0 Å². The van der Waals surface area contributed by atoms with Crippen molar-refractivity contribution in [3.05, 3.63) is 29.8 Å². The third-order valence-electron chi connectivity index (χ3n) is 1.12. The lowest BCUT2D eigenvalue weighted by Crippen LogP contribution is -2.07. The predicted octanol–water partition coefficient (Wildman–Crippen LogP) is -0.0639. The summed E-state index contributed by atoms with van der Waals surface area (Å²) in [6, 6.07) is 3.86. The van der Waals surface area contributed by atoms with Crippen LogP contribution in [0.2, 0.25) is 0 Å². The summed E-state index contributed by atoms with van der Waals surface area (Å²) in [5, 5.41) is 30.3. The van der Waals surface area contributed by atoms with Crippen LogP contribution in [0.5, 0.6) is 5.75 Å². The minimum atomic E-state index is -2.17. The number of phenols is 1. The highest BCUT2D eigenvalue weighted by atomic mass is 19.1. The Labute approximate surface area is 97.6 Å². The Balaban J connectivity index is -0.000000108. The summed E-state index contributed by atoms with van der Waals surface area (Å²) < 4.78 is 11.9. The molecule has 0 fully saturated rings. The molecule has 0 amide bonds. The van der Waals surface area contributed by atoms with Gasteiger partial charge in [0, 0.05) is 0 Å². The first kappa shape index (κ1) is 24.6. The first-order chi connectivity index (χ1) is 6.45. The van der Waals surface area contributed by atoms with Crippen LogP contribution in [0.4, 0.5) is 4.39 Å². The number of para-hydroxylation sites is 1. The van der Waals surface area contributed by atoms with Gasteiger partial charge >= 0.3 is 13.4 Å². The normalized spacial score (nSPS) is 7.06. The maximum atomic E-state index is 11.9. The molecular formula is C7H17BFN3O5. The van der Waals surface area contributed by atoms with E-state index in [4.69, 9.17) is 20.2 Å². The topological polar surface area (TPSA) is 203 Å². The maximum Gasteiger partial charge on any atom is 0.631 e. The summed E-state index contributed by atoms with van der Waals surface area (Å²) in [6.45, 7) is 0. The van der Waals surface area contributed by atoms with E-state index in [2.05, 4.69) is 0 Å². The lowest BCUT2D eigenvalue weighted by molar-refractivity contribution is 0.0833. The summed E-state index contributed by atoms with van der Waals surface area (Å²) in [5.74, 6) is -0.324. The van der Waals surface area contributed by atoms with Crippen LogP contribution in [0, 0.1) is 0 Å². The van der Waals surface area contributed by atoms with E-state index in [1.54, 1.807) is 0 Å². The molecule has 0 radical (unpaired) electrons. The van der Waals surface area contributed by atoms with E-state index in [-0.39, 0.29) is 29.8 Å². The lowest BCUT2D eigenvalue weighted by atomic mass is 10.2. The highest BCUT2D eigenvalue weighted by Gasteiger charge is 2.06. The maximum absolute atomic E-state index is 11.9. The first-order valence-electron chi connectivity index (χ1n) is 3.47. The van der Waals surface area contributed by atoms with Crippen molar-refractivity contribution in [2.45, 2.75) is 0 Å². The summed E-state index contributed by atoms with van der Waals surface area (Å²) in [7, 11) is -2.17. The average molecular weight is 253 g/mol. The van der Waals surface area contributed by atoms with Crippen molar-refractivity contribution in [3.63, 3.8) is 0 Å². The second-order valence-corrected chi connectivity index (χ2v) is 2.14. The zero-order valence-electron chi connectivity index (χ0n) is 9.08. The fourth-order valence-corrected chi connectivity index (χ4v) is 0.640. The molecule has 1 rings (SSSR count). The van der Waals surface area contributed by atoms with Crippen LogP contribution < -0.4 is 18.5 Å². The summed E-state index contributed by atoms with van der Waals surface area (Å²) >= 11 is 0. The van der Waals surface area contributed by atoms with Gasteiger partial charge in [-0.2, -0.15) is 4.39 Å². The Morgan fingerprint density at radius 3 is 1.65 bits per heavy atom. The Morgan fingerprint density at radius 2 is 1.41 bits per heavy atom. The zero-order chi connectivity index (χ0) is 11.1. The molecule has 10 heteroatoms. The van der Waals surface area contributed by atoms with E-state index in [9.17, 15) is 9.18 Å². The van der Waals surface area contributed by atoms with E-state index in [1.807, 2.05) is 0 Å². The van der Waals surface area contributed by atoms with Gasteiger partial charge in [0.2, 0.25) is 0 Å². The Hall–Kier alpha value is -1.56. The van der Waals surface area contributed by atoms with Crippen LogP contribution in [-0.4, -0.2) is 33.5 Å². The molecular weight excluding hydrogens is 236 g/mol. The third kappa shape index (κ3) is 12.4. The van der Waals surface area contributed by atoms with Crippen LogP contribution in [-0.2, 0) is 0 Å². The fourth-order valence-electron chi connectivity index (χ4n) is 0.640. The second-order valence-electron chi connectivity index (χ2n) is 2.14. The molecule has 8 nitrogen and oxygen atoms in total. The van der Waals surface area contributed by atoms with Gasteiger partial charge in [0.1, 0.15) is 5.75 Å². The molecule has 0 atom stereocenters. The van der Waals surface area contributed by atoms with Gasteiger partial charge in [0.05, 0.1) is 5.56 Å². The van der Waals surface area contributed by atoms with Crippen LogP contribution >= 0.6 is 0 Å². The number of aromatic hydroxyl groups is 1. The number of carbonyl (C=O) groups excluding carboxylic acids is 1. The third-order valence-corrected chi connectivity index (χ3v) is 1.12. The van der Waals surface area contributed by atoms with Gasteiger partial charge in [0.25, 0.3) is 0 Å². The van der Waals surface area contributed by atoms with E-state index in [1.165, 1.54) is 24.3 Å². The molecule has 13 N–H and O–H groups in total. The van der Waals surface area contributed by atoms with E-state index >= 15 is 0 Å². The lowest BCUT2D eigenvalue weighted by Gasteiger charge is -1.93. The van der Waals surface area contributed by atoms with Gasteiger partial charge in [-0.05, 0) is 12.1 Å². The molecule has 0 spiro atoms. The molecule has 1 aromatic carbocycles. The fraction of sp³-hybridized carbons (Fsp3) is 0. The van der Waals surface area contributed by atoms with Crippen molar-refractivity contribution < 1.29 is 29.4 Å². The Kier molecular flexibility index (Phi) is 18.1. The van der Waals surface area contributed by atoms with Crippen LogP contribution in [0.1, 0.15) is 10.4 Å². The molecule has 0 aliphatic rings. The smallest absolute Gasteiger partial charge is 0.507 e. The molecule has 0 unspecified atom stereocenters. The Morgan fingerprint density at radius 1 is 1.06 bits per heavy atom. The molecule has 0 saturated carbocycles. The zero-order valence-corrected chi connectivity index (χ0v) is 9.08. The number of carbonyl (C=O) groups is 1. The summed E-state index contributed by atoms with van der Waals surface area (Å²) in [6.07, 6.45) is 0. The van der Waals surface area contributed by atoms with Gasteiger partial charge in [-0.15, -0.1) is 0 Å². The van der Waals surface area contributed by atoms with Gasteiger partial charge in [-0.3, -0.25) is 4.79 Å². The molecule has 0 aliphatic heterocycles. The quantitative estimate of drug-likeness (QED) is 0.266. The van der Waals surface area contributed by atoms with Crippen molar-refractivity contribution in [3.8, 4) is 5.75 Å². The predicted molar refractivity (Wildman–Crippen MR) is 61.0 cm³/mol. The molecule has 0 saturated heterocycles. The SMILES string of the molecule is N.N.N.O=C(F)c1ccccc1O.OB(O)O. The van der Waals surface area contributed by atoms with E-state index in [0.717, 1.165) is 0 Å². The van der Waals surface area contributed by atoms with Crippen LogP contribution in [0.25, 0.3) is 0 Å². The van der Waals surface area contributed by atoms with Crippen molar-refractivity contribution in [1.82, 2.24) is 18.5 Å². The molecule has 0 bridgehead atoms. The van der Waals surface area contributed by atoms with Crippen molar-refractivity contribution in [2.24, 2.45) is 0 Å². The highest BCUT2D eigenvalue weighted by Crippen LogP contribution is 2.15. The van der Waals surface area contributed by atoms with Crippen LogP contribution in [0.3, 0.4) is 0 Å². The van der Waals surface area contributed by atoms with Crippen molar-refractivity contribution in [2.75, 3.05) is 0 Å². The Bertz CT molecular complexity index is 313. The minimum Gasteiger partial charge on any atom is -0.507 e.